The molecule has 0 aliphatic carbocycles. The fourth-order valence-corrected chi connectivity index (χ4v) is 1.43. The fourth-order valence-electron chi connectivity index (χ4n) is 1.24. The van der Waals surface area contributed by atoms with Crippen LogP contribution in [0.5, 0.6) is 5.75 Å². The SMILES string of the molecule is CCOC(=O)CNC(=S)Nc1cccc(OC)c1. The summed E-state index contributed by atoms with van der Waals surface area (Å²) < 4.78 is 9.86. The maximum atomic E-state index is 11.1. The third-order valence-corrected chi connectivity index (χ3v) is 2.27. The van der Waals surface area contributed by atoms with Crippen molar-refractivity contribution in [3.63, 3.8) is 0 Å². The first-order chi connectivity index (χ1) is 8.65. The van der Waals surface area contributed by atoms with Gasteiger partial charge in [-0.15, -0.1) is 0 Å². The first-order valence-corrected chi connectivity index (χ1v) is 5.91. The van der Waals surface area contributed by atoms with Crippen LogP contribution in [0.1, 0.15) is 6.92 Å². The van der Waals surface area contributed by atoms with Gasteiger partial charge in [0.15, 0.2) is 5.11 Å². The highest BCUT2D eigenvalue weighted by Crippen LogP contribution is 2.16. The van der Waals surface area contributed by atoms with E-state index in [-0.39, 0.29) is 12.5 Å². The van der Waals surface area contributed by atoms with E-state index in [1.165, 1.54) is 0 Å². The summed E-state index contributed by atoms with van der Waals surface area (Å²) in [5.41, 5.74) is 0.788. The van der Waals surface area contributed by atoms with Crippen molar-refractivity contribution in [2.24, 2.45) is 0 Å². The summed E-state index contributed by atoms with van der Waals surface area (Å²) >= 11 is 5.05. The van der Waals surface area contributed by atoms with Crippen molar-refractivity contribution < 1.29 is 14.3 Å². The molecule has 0 fully saturated rings. The Morgan fingerprint density at radius 2 is 2.22 bits per heavy atom. The van der Waals surface area contributed by atoms with Crippen LogP contribution in [0.4, 0.5) is 5.69 Å². The van der Waals surface area contributed by atoms with Gasteiger partial charge in [-0.25, -0.2) is 0 Å². The van der Waals surface area contributed by atoms with Crippen molar-refractivity contribution in [3.05, 3.63) is 24.3 Å². The zero-order chi connectivity index (χ0) is 13.4. The molecule has 2 N–H and O–H groups in total. The summed E-state index contributed by atoms with van der Waals surface area (Å²) in [6, 6.07) is 7.33. The van der Waals surface area contributed by atoms with Crippen LogP contribution in [0, 0.1) is 0 Å². The van der Waals surface area contributed by atoms with Gasteiger partial charge >= 0.3 is 5.97 Å². The van der Waals surface area contributed by atoms with Crippen LogP contribution >= 0.6 is 12.2 Å². The van der Waals surface area contributed by atoms with Crippen LogP contribution in [0.2, 0.25) is 0 Å². The summed E-state index contributed by atoms with van der Waals surface area (Å²) in [7, 11) is 1.59. The number of benzene rings is 1. The summed E-state index contributed by atoms with van der Waals surface area (Å²) in [4.78, 5) is 11.1. The van der Waals surface area contributed by atoms with Crippen molar-refractivity contribution in [2.75, 3.05) is 25.6 Å². The number of thiocarbonyl (C=S) groups is 1. The van der Waals surface area contributed by atoms with E-state index in [1.807, 2.05) is 18.2 Å². The Balaban J connectivity index is 2.42. The molecule has 1 rings (SSSR count). The van der Waals surface area contributed by atoms with Crippen molar-refractivity contribution in [1.29, 1.82) is 0 Å². The number of methoxy groups -OCH3 is 1. The molecule has 0 aromatic heterocycles. The number of rotatable bonds is 5. The Kier molecular flexibility index (Phi) is 5.93. The highest BCUT2D eigenvalue weighted by atomic mass is 32.1. The van der Waals surface area contributed by atoms with Crippen LogP contribution in [0.15, 0.2) is 24.3 Å². The molecule has 0 aliphatic heterocycles. The minimum absolute atomic E-state index is 0.0453. The molecule has 0 aliphatic rings. The van der Waals surface area contributed by atoms with Gasteiger partial charge in [0.25, 0.3) is 0 Å². The number of hydrogen-bond donors (Lipinski definition) is 2. The molecule has 0 bridgehead atoms. The number of ether oxygens (including phenoxy) is 2. The predicted octanol–water partition coefficient (Wildman–Crippen LogP) is 1.54. The molecule has 0 unspecified atom stereocenters. The average molecular weight is 268 g/mol. The van der Waals surface area contributed by atoms with E-state index in [4.69, 9.17) is 21.7 Å². The molecule has 0 amide bonds. The van der Waals surface area contributed by atoms with Crippen LogP contribution in [0.25, 0.3) is 0 Å². The lowest BCUT2D eigenvalue weighted by Crippen LogP contribution is -2.33. The lowest BCUT2D eigenvalue weighted by Gasteiger charge is -2.10. The van der Waals surface area contributed by atoms with E-state index in [2.05, 4.69) is 10.6 Å². The van der Waals surface area contributed by atoms with E-state index < -0.39 is 0 Å². The maximum absolute atomic E-state index is 11.1. The molecule has 0 spiro atoms. The molecule has 1 aromatic rings. The van der Waals surface area contributed by atoms with Gasteiger partial charge in [-0.1, -0.05) is 6.07 Å². The van der Waals surface area contributed by atoms with Gasteiger partial charge in [0.1, 0.15) is 12.3 Å². The van der Waals surface area contributed by atoms with Gasteiger partial charge in [-0.2, -0.15) is 0 Å². The van der Waals surface area contributed by atoms with E-state index in [0.717, 1.165) is 11.4 Å². The molecule has 0 saturated carbocycles. The molecular formula is C12H16N2O3S. The number of nitrogens with one attached hydrogen (secondary N) is 2. The Labute approximate surface area is 111 Å². The standard InChI is InChI=1S/C12H16N2O3S/c1-3-17-11(15)8-13-12(18)14-9-5-4-6-10(7-9)16-2/h4-7H,3,8H2,1-2H3,(H2,13,14,18). The topological polar surface area (TPSA) is 59.6 Å². The number of hydrogen-bond acceptors (Lipinski definition) is 4. The minimum atomic E-state index is -0.340. The summed E-state index contributed by atoms with van der Waals surface area (Å²) in [6.07, 6.45) is 0. The third kappa shape index (κ3) is 5.01. The van der Waals surface area contributed by atoms with Crippen molar-refractivity contribution in [3.8, 4) is 5.75 Å². The first-order valence-electron chi connectivity index (χ1n) is 5.50. The molecule has 0 saturated heterocycles. The van der Waals surface area contributed by atoms with Crippen molar-refractivity contribution >= 4 is 29.0 Å². The van der Waals surface area contributed by atoms with E-state index in [1.54, 1.807) is 20.1 Å². The normalized spacial score (nSPS) is 9.44. The number of esters is 1. The van der Waals surface area contributed by atoms with E-state index >= 15 is 0 Å². The third-order valence-electron chi connectivity index (χ3n) is 2.03. The summed E-state index contributed by atoms with van der Waals surface area (Å²) in [6.45, 7) is 2.16. The summed E-state index contributed by atoms with van der Waals surface area (Å²) in [5, 5.41) is 6.06. The molecule has 98 valence electrons. The van der Waals surface area contributed by atoms with Gasteiger partial charge in [-0.3, -0.25) is 4.79 Å². The van der Waals surface area contributed by atoms with Gasteiger partial charge < -0.3 is 20.1 Å². The zero-order valence-electron chi connectivity index (χ0n) is 10.4. The molecule has 0 heterocycles. The van der Waals surface area contributed by atoms with E-state index in [0.29, 0.717) is 11.7 Å². The lowest BCUT2D eigenvalue weighted by molar-refractivity contribution is -0.141. The predicted molar refractivity (Wildman–Crippen MR) is 73.9 cm³/mol. The second kappa shape index (κ2) is 7.50. The lowest BCUT2D eigenvalue weighted by atomic mass is 10.3. The molecule has 1 aromatic carbocycles. The van der Waals surface area contributed by atoms with Gasteiger partial charge in [0.05, 0.1) is 13.7 Å². The van der Waals surface area contributed by atoms with Gasteiger partial charge in [0, 0.05) is 11.8 Å². The molecule has 18 heavy (non-hydrogen) atoms. The van der Waals surface area contributed by atoms with Crippen molar-refractivity contribution in [2.45, 2.75) is 6.92 Å². The Bertz CT molecular complexity index is 424. The van der Waals surface area contributed by atoms with Crippen LogP contribution in [0.3, 0.4) is 0 Å². The number of carbonyl (C=O) groups excluding carboxylic acids is 1. The second-order valence-corrected chi connectivity index (χ2v) is 3.75. The van der Waals surface area contributed by atoms with Crippen LogP contribution in [-0.2, 0) is 9.53 Å². The van der Waals surface area contributed by atoms with Crippen molar-refractivity contribution in [1.82, 2.24) is 5.32 Å². The van der Waals surface area contributed by atoms with Crippen LogP contribution < -0.4 is 15.4 Å². The number of carbonyl (C=O) groups is 1. The zero-order valence-corrected chi connectivity index (χ0v) is 11.2. The largest absolute Gasteiger partial charge is 0.497 e. The Hall–Kier alpha value is -1.82. The fraction of sp³-hybridized carbons (Fsp3) is 0.333. The van der Waals surface area contributed by atoms with E-state index in [9.17, 15) is 4.79 Å². The highest BCUT2D eigenvalue weighted by Gasteiger charge is 2.03. The van der Waals surface area contributed by atoms with Crippen LogP contribution in [-0.4, -0.2) is 31.3 Å². The molecule has 0 atom stereocenters. The molecule has 0 radical (unpaired) electrons. The molecule has 6 heteroatoms. The maximum Gasteiger partial charge on any atom is 0.325 e. The average Bonchev–Trinajstić information content (AvgIpc) is 2.37. The Morgan fingerprint density at radius 1 is 1.44 bits per heavy atom. The molecule has 5 nitrogen and oxygen atoms in total. The minimum Gasteiger partial charge on any atom is -0.497 e. The monoisotopic (exact) mass is 268 g/mol. The highest BCUT2D eigenvalue weighted by molar-refractivity contribution is 7.80. The van der Waals surface area contributed by atoms with Gasteiger partial charge in [-0.05, 0) is 31.3 Å². The number of anilines is 1. The summed E-state index contributed by atoms with van der Waals surface area (Å²) in [5.74, 6) is 0.389. The van der Waals surface area contributed by atoms with Gasteiger partial charge in [0.2, 0.25) is 0 Å². The second-order valence-electron chi connectivity index (χ2n) is 3.34. The smallest absolute Gasteiger partial charge is 0.325 e. The molecular weight excluding hydrogens is 252 g/mol. The first kappa shape index (κ1) is 14.2. The quantitative estimate of drug-likeness (QED) is 0.624. The Morgan fingerprint density at radius 3 is 2.89 bits per heavy atom.